The summed E-state index contributed by atoms with van der Waals surface area (Å²) in [6, 6.07) is 6.37. The van der Waals surface area contributed by atoms with Crippen molar-refractivity contribution >= 4 is 5.91 Å². The molecule has 0 saturated carbocycles. The van der Waals surface area contributed by atoms with Gasteiger partial charge in [0.25, 0.3) is 0 Å². The molecule has 92 valence electrons. The van der Waals surface area contributed by atoms with Gasteiger partial charge in [-0.05, 0) is 25.0 Å². The fraction of sp³-hybridized carbons (Fsp3) is 0.462. The minimum atomic E-state index is -0.327. The lowest BCUT2D eigenvalue weighted by atomic mass is 10.1. The fourth-order valence-corrected chi connectivity index (χ4v) is 1.99. The molecule has 1 amide bonds. The summed E-state index contributed by atoms with van der Waals surface area (Å²) in [5, 5.41) is 0. The molecule has 0 aromatic heterocycles. The van der Waals surface area contributed by atoms with E-state index in [0.29, 0.717) is 18.7 Å². The van der Waals surface area contributed by atoms with Crippen molar-refractivity contribution in [3.8, 4) is 0 Å². The smallest absolute Gasteiger partial charge is 0.229 e. The highest BCUT2D eigenvalue weighted by atomic mass is 19.1. The van der Waals surface area contributed by atoms with Crippen LogP contribution in [0.3, 0.4) is 0 Å². The summed E-state index contributed by atoms with van der Waals surface area (Å²) < 4.78 is 18.8. The molecule has 1 heterocycles. The van der Waals surface area contributed by atoms with E-state index in [4.69, 9.17) is 4.74 Å². The number of nitrogens with zero attached hydrogens (tertiary/aromatic N) is 1. The Morgan fingerprint density at radius 1 is 1.53 bits per heavy atom. The summed E-state index contributed by atoms with van der Waals surface area (Å²) in [4.78, 5) is 13.7. The van der Waals surface area contributed by atoms with Crippen LogP contribution < -0.4 is 0 Å². The topological polar surface area (TPSA) is 29.5 Å². The van der Waals surface area contributed by atoms with Crippen molar-refractivity contribution in [1.29, 1.82) is 0 Å². The lowest BCUT2D eigenvalue weighted by Gasteiger charge is -2.33. The Hall–Kier alpha value is -1.42. The van der Waals surface area contributed by atoms with Gasteiger partial charge in [-0.1, -0.05) is 18.2 Å². The zero-order chi connectivity index (χ0) is 12.3. The van der Waals surface area contributed by atoms with Crippen LogP contribution in [0.1, 0.15) is 18.9 Å². The van der Waals surface area contributed by atoms with Crippen LogP contribution in [-0.4, -0.2) is 30.2 Å². The van der Waals surface area contributed by atoms with Gasteiger partial charge in [-0.15, -0.1) is 0 Å². The normalized spacial score (nSPS) is 20.4. The third-order valence-electron chi connectivity index (χ3n) is 2.96. The second-order valence-electron chi connectivity index (χ2n) is 4.18. The van der Waals surface area contributed by atoms with Crippen LogP contribution in [-0.2, 0) is 16.0 Å². The number of carbonyl (C=O) groups excluding carboxylic acids is 1. The summed E-state index contributed by atoms with van der Waals surface area (Å²) in [5.41, 5.74) is 0.440. The van der Waals surface area contributed by atoms with E-state index in [9.17, 15) is 9.18 Å². The van der Waals surface area contributed by atoms with Crippen molar-refractivity contribution in [3.63, 3.8) is 0 Å². The minimum Gasteiger partial charge on any atom is -0.359 e. The SMILES string of the molecule is CC1OCCCN1C(=O)Cc1ccccc1F. The van der Waals surface area contributed by atoms with Crippen LogP contribution in [0, 0.1) is 5.82 Å². The summed E-state index contributed by atoms with van der Waals surface area (Å²) in [5.74, 6) is -0.409. The fourth-order valence-electron chi connectivity index (χ4n) is 1.99. The van der Waals surface area contributed by atoms with Gasteiger partial charge in [0.1, 0.15) is 12.0 Å². The van der Waals surface area contributed by atoms with Crippen LogP contribution in [0.4, 0.5) is 4.39 Å². The van der Waals surface area contributed by atoms with Crippen molar-refractivity contribution in [2.24, 2.45) is 0 Å². The Balaban J connectivity index is 2.03. The number of carbonyl (C=O) groups is 1. The maximum absolute atomic E-state index is 13.4. The number of halogens is 1. The van der Waals surface area contributed by atoms with Crippen molar-refractivity contribution in [2.45, 2.75) is 26.0 Å². The van der Waals surface area contributed by atoms with Crippen molar-refractivity contribution in [1.82, 2.24) is 4.90 Å². The molecule has 1 aliphatic heterocycles. The number of benzene rings is 1. The van der Waals surface area contributed by atoms with E-state index in [-0.39, 0.29) is 24.4 Å². The molecule has 0 spiro atoms. The lowest BCUT2D eigenvalue weighted by molar-refractivity contribution is -0.151. The molecule has 2 rings (SSSR count). The van der Waals surface area contributed by atoms with Crippen molar-refractivity contribution in [2.75, 3.05) is 13.2 Å². The van der Waals surface area contributed by atoms with Crippen LogP contribution in [0.25, 0.3) is 0 Å². The second kappa shape index (κ2) is 5.27. The third kappa shape index (κ3) is 2.82. The highest BCUT2D eigenvalue weighted by Gasteiger charge is 2.24. The molecular weight excluding hydrogens is 221 g/mol. The molecule has 3 nitrogen and oxygen atoms in total. The number of amides is 1. The molecule has 0 radical (unpaired) electrons. The van der Waals surface area contributed by atoms with Gasteiger partial charge in [0.2, 0.25) is 5.91 Å². The molecular formula is C13H16FNO2. The summed E-state index contributed by atoms with van der Waals surface area (Å²) in [6.45, 7) is 3.22. The van der Waals surface area contributed by atoms with E-state index in [2.05, 4.69) is 0 Å². The standard InChI is InChI=1S/C13H16FNO2/c1-10-15(7-4-8-17-10)13(16)9-11-5-2-3-6-12(11)14/h2-3,5-6,10H,4,7-9H2,1H3. The first-order valence-corrected chi connectivity index (χ1v) is 5.83. The van der Waals surface area contributed by atoms with Gasteiger partial charge in [-0.2, -0.15) is 0 Å². The monoisotopic (exact) mass is 237 g/mol. The number of rotatable bonds is 2. The van der Waals surface area contributed by atoms with Gasteiger partial charge in [-0.25, -0.2) is 4.39 Å². The highest BCUT2D eigenvalue weighted by molar-refractivity contribution is 5.79. The summed E-state index contributed by atoms with van der Waals surface area (Å²) in [7, 11) is 0. The molecule has 0 aliphatic carbocycles. The lowest BCUT2D eigenvalue weighted by Crippen LogP contribution is -2.45. The maximum atomic E-state index is 13.4. The van der Waals surface area contributed by atoms with Crippen LogP contribution in [0.5, 0.6) is 0 Å². The zero-order valence-corrected chi connectivity index (χ0v) is 9.86. The number of hydrogen-bond donors (Lipinski definition) is 0. The van der Waals surface area contributed by atoms with Crippen LogP contribution in [0.2, 0.25) is 0 Å². The van der Waals surface area contributed by atoms with Gasteiger partial charge in [0, 0.05) is 6.54 Å². The molecule has 1 atom stereocenters. The number of ether oxygens (including phenoxy) is 1. The van der Waals surface area contributed by atoms with E-state index in [1.54, 1.807) is 23.1 Å². The molecule has 1 aromatic carbocycles. The van der Waals surface area contributed by atoms with E-state index in [1.807, 2.05) is 6.92 Å². The minimum absolute atomic E-state index is 0.0812. The predicted molar refractivity (Wildman–Crippen MR) is 61.8 cm³/mol. The Labute approximate surface area is 100 Å². The first-order chi connectivity index (χ1) is 8.18. The Morgan fingerprint density at radius 2 is 2.29 bits per heavy atom. The van der Waals surface area contributed by atoms with Crippen LogP contribution >= 0.6 is 0 Å². The molecule has 4 heteroatoms. The van der Waals surface area contributed by atoms with Gasteiger partial charge >= 0.3 is 0 Å². The Kier molecular flexibility index (Phi) is 3.74. The van der Waals surface area contributed by atoms with Crippen molar-refractivity contribution in [3.05, 3.63) is 35.6 Å². The van der Waals surface area contributed by atoms with Crippen LogP contribution in [0.15, 0.2) is 24.3 Å². The second-order valence-corrected chi connectivity index (χ2v) is 4.18. The summed E-state index contributed by atoms with van der Waals surface area (Å²) >= 11 is 0. The van der Waals surface area contributed by atoms with Gasteiger partial charge in [0.15, 0.2) is 0 Å². The zero-order valence-electron chi connectivity index (χ0n) is 9.86. The average molecular weight is 237 g/mol. The molecule has 1 unspecified atom stereocenters. The Morgan fingerprint density at radius 3 is 3.00 bits per heavy atom. The van der Waals surface area contributed by atoms with E-state index in [1.165, 1.54) is 6.07 Å². The molecule has 1 saturated heterocycles. The average Bonchev–Trinajstić information content (AvgIpc) is 2.32. The molecule has 1 aromatic rings. The quantitative estimate of drug-likeness (QED) is 0.787. The molecule has 0 N–H and O–H groups in total. The number of hydrogen-bond acceptors (Lipinski definition) is 2. The van der Waals surface area contributed by atoms with Gasteiger partial charge in [-0.3, -0.25) is 4.79 Å². The molecule has 1 fully saturated rings. The first-order valence-electron chi connectivity index (χ1n) is 5.83. The first kappa shape index (κ1) is 12.0. The molecule has 1 aliphatic rings. The summed E-state index contributed by atoms with van der Waals surface area (Å²) in [6.07, 6.45) is 0.733. The largest absolute Gasteiger partial charge is 0.359 e. The molecule has 17 heavy (non-hydrogen) atoms. The predicted octanol–water partition coefficient (Wildman–Crippen LogP) is 1.96. The highest BCUT2D eigenvalue weighted by Crippen LogP contribution is 2.14. The van der Waals surface area contributed by atoms with E-state index < -0.39 is 0 Å². The van der Waals surface area contributed by atoms with Gasteiger partial charge in [0.05, 0.1) is 13.0 Å². The third-order valence-corrected chi connectivity index (χ3v) is 2.96. The Bertz CT molecular complexity index is 408. The van der Waals surface area contributed by atoms with Gasteiger partial charge < -0.3 is 9.64 Å². The molecule has 0 bridgehead atoms. The van der Waals surface area contributed by atoms with E-state index in [0.717, 1.165) is 6.42 Å². The maximum Gasteiger partial charge on any atom is 0.229 e. The van der Waals surface area contributed by atoms with Crippen molar-refractivity contribution < 1.29 is 13.9 Å². The van der Waals surface area contributed by atoms with E-state index >= 15 is 0 Å².